The number of non-ortho nitro benzene ring substituents is 1. The Labute approximate surface area is 106 Å². The Kier molecular flexibility index (Phi) is 5.21. The van der Waals surface area contributed by atoms with E-state index in [1.807, 2.05) is 0 Å². The van der Waals surface area contributed by atoms with Crippen molar-refractivity contribution in [1.82, 2.24) is 0 Å². The van der Waals surface area contributed by atoms with Gasteiger partial charge in [-0.2, -0.15) is 0 Å². The topological polar surface area (TPSA) is 55.5 Å². The number of nitro groups is 1. The van der Waals surface area contributed by atoms with Crippen molar-refractivity contribution in [3.63, 3.8) is 0 Å². The molecule has 6 heteroatoms. The summed E-state index contributed by atoms with van der Waals surface area (Å²) >= 11 is 4.86. The van der Waals surface area contributed by atoms with E-state index in [1.165, 1.54) is 12.1 Å². The Morgan fingerprint density at radius 3 is 2.69 bits per heavy atom. The van der Waals surface area contributed by atoms with Gasteiger partial charge in [0, 0.05) is 24.1 Å². The fraction of sp³-hybridized carbons (Fsp3) is 0.100. The van der Waals surface area contributed by atoms with Crippen LogP contribution in [-0.2, 0) is 5.75 Å². The van der Waals surface area contributed by atoms with E-state index in [4.69, 9.17) is 0 Å². The monoisotopic (exact) mass is 300 g/mol. The third kappa shape index (κ3) is 4.16. The highest BCUT2D eigenvalue weighted by Gasteiger charge is 2.04. The lowest BCUT2D eigenvalue weighted by molar-refractivity contribution is -0.384. The minimum absolute atomic E-state index is 0.108. The van der Waals surface area contributed by atoms with Crippen LogP contribution in [0.25, 0.3) is 0 Å². The molecule has 0 amide bonds. The van der Waals surface area contributed by atoms with E-state index in [2.05, 4.69) is 27.6 Å². The van der Waals surface area contributed by atoms with Gasteiger partial charge in [0.25, 0.3) is 5.69 Å². The molecule has 1 rings (SSSR count). The Morgan fingerprint density at radius 1 is 1.56 bits per heavy atom. The molecule has 0 bridgehead atoms. The van der Waals surface area contributed by atoms with E-state index in [9.17, 15) is 10.1 Å². The molecule has 16 heavy (non-hydrogen) atoms. The van der Waals surface area contributed by atoms with E-state index in [1.54, 1.807) is 30.1 Å². The van der Waals surface area contributed by atoms with Crippen molar-refractivity contribution in [3.05, 3.63) is 50.0 Å². The molecule has 0 fully saturated rings. The zero-order valence-electron chi connectivity index (χ0n) is 8.30. The van der Waals surface area contributed by atoms with Gasteiger partial charge in [0.1, 0.15) is 0 Å². The summed E-state index contributed by atoms with van der Waals surface area (Å²) in [6.07, 6.45) is 1.61. The number of nitrogens with zero attached hydrogens (tertiary/aromatic N) is 2. The van der Waals surface area contributed by atoms with Gasteiger partial charge in [-0.25, -0.2) is 0 Å². The molecule has 0 N–H and O–H groups in total. The second-order valence-electron chi connectivity index (χ2n) is 2.83. The summed E-state index contributed by atoms with van der Waals surface area (Å²) in [6.45, 7) is 3.34. The van der Waals surface area contributed by atoms with Crippen molar-refractivity contribution < 1.29 is 4.92 Å². The second kappa shape index (κ2) is 6.44. The summed E-state index contributed by atoms with van der Waals surface area (Å²) in [5, 5.41) is 10.4. The molecule has 0 atom stereocenters. The number of halogens is 1. The Morgan fingerprint density at radius 2 is 2.19 bits per heavy atom. The maximum Gasteiger partial charge on any atom is 0.269 e. The first kappa shape index (κ1) is 12.9. The SMILES string of the molecule is C=N/C=C(/Br)SCc1ccc([N+](=O)[O-])cc1. The normalized spacial score (nSPS) is 11.2. The summed E-state index contributed by atoms with van der Waals surface area (Å²) in [4.78, 5) is 13.6. The van der Waals surface area contributed by atoms with E-state index in [0.29, 0.717) is 0 Å². The van der Waals surface area contributed by atoms with E-state index >= 15 is 0 Å². The molecule has 4 nitrogen and oxygen atoms in total. The molecule has 0 aliphatic heterocycles. The molecule has 0 spiro atoms. The third-order valence-electron chi connectivity index (χ3n) is 1.72. The number of hydrogen-bond donors (Lipinski definition) is 0. The van der Waals surface area contributed by atoms with Gasteiger partial charge in [0.2, 0.25) is 0 Å². The van der Waals surface area contributed by atoms with Gasteiger partial charge >= 0.3 is 0 Å². The zero-order chi connectivity index (χ0) is 12.0. The molecule has 0 saturated carbocycles. The number of nitro benzene ring substituents is 1. The summed E-state index contributed by atoms with van der Waals surface area (Å²) in [7, 11) is 0. The molecule has 1 aromatic carbocycles. The molecule has 0 radical (unpaired) electrons. The Hall–Kier alpha value is -1.14. The quantitative estimate of drug-likeness (QED) is 0.473. The van der Waals surface area contributed by atoms with Crippen LogP contribution in [0.1, 0.15) is 5.56 Å². The van der Waals surface area contributed by atoms with Crippen LogP contribution < -0.4 is 0 Å². The van der Waals surface area contributed by atoms with Crippen molar-refractivity contribution in [2.45, 2.75) is 5.75 Å². The molecule has 0 aromatic heterocycles. The maximum atomic E-state index is 10.4. The summed E-state index contributed by atoms with van der Waals surface area (Å²) < 4.78 is 0.876. The first-order valence-electron chi connectivity index (χ1n) is 4.31. The first-order valence-corrected chi connectivity index (χ1v) is 6.09. The largest absolute Gasteiger partial charge is 0.271 e. The Bertz CT molecular complexity index is 417. The Balaban J connectivity index is 2.59. The number of rotatable bonds is 5. The van der Waals surface area contributed by atoms with Crippen molar-refractivity contribution >= 4 is 40.1 Å². The van der Waals surface area contributed by atoms with Crippen molar-refractivity contribution in [1.29, 1.82) is 0 Å². The number of hydrogen-bond acceptors (Lipinski definition) is 4. The summed E-state index contributed by atoms with van der Waals surface area (Å²) in [5.41, 5.74) is 1.13. The van der Waals surface area contributed by atoms with Crippen LogP contribution in [0.15, 0.2) is 39.3 Å². The van der Waals surface area contributed by atoms with Gasteiger partial charge in [-0.15, -0.1) is 11.8 Å². The third-order valence-corrected chi connectivity index (χ3v) is 3.47. The van der Waals surface area contributed by atoms with Crippen LogP contribution in [0.2, 0.25) is 0 Å². The lowest BCUT2D eigenvalue weighted by atomic mass is 10.2. The second-order valence-corrected chi connectivity index (χ2v) is 5.22. The smallest absolute Gasteiger partial charge is 0.269 e. The van der Waals surface area contributed by atoms with E-state index in [-0.39, 0.29) is 5.69 Å². The lowest BCUT2D eigenvalue weighted by Gasteiger charge is -1.99. The van der Waals surface area contributed by atoms with Crippen LogP contribution in [0.4, 0.5) is 5.69 Å². The highest BCUT2D eigenvalue weighted by molar-refractivity contribution is 9.14. The predicted molar refractivity (Wildman–Crippen MR) is 71.0 cm³/mol. The fourth-order valence-electron chi connectivity index (χ4n) is 0.975. The van der Waals surface area contributed by atoms with Crippen LogP contribution in [0.5, 0.6) is 0 Å². The molecule has 0 unspecified atom stereocenters. The fourth-order valence-corrected chi connectivity index (χ4v) is 2.11. The van der Waals surface area contributed by atoms with E-state index < -0.39 is 4.92 Å². The molecule has 0 heterocycles. The van der Waals surface area contributed by atoms with Crippen LogP contribution >= 0.6 is 27.7 Å². The zero-order valence-corrected chi connectivity index (χ0v) is 10.7. The van der Waals surface area contributed by atoms with Gasteiger partial charge < -0.3 is 0 Å². The standard InChI is InChI=1S/C10H9BrN2O2S/c1-12-6-10(11)16-7-8-2-4-9(5-3-8)13(14)15/h2-6H,1,7H2/b10-6-. The molecule has 0 saturated heterocycles. The van der Waals surface area contributed by atoms with Crippen molar-refractivity contribution in [2.24, 2.45) is 4.99 Å². The van der Waals surface area contributed by atoms with Gasteiger partial charge in [-0.05, 0) is 28.2 Å². The minimum Gasteiger partial charge on any atom is -0.271 e. The summed E-state index contributed by atoms with van der Waals surface area (Å²) in [6, 6.07) is 6.48. The molecule has 0 aliphatic carbocycles. The number of thioether (sulfide) groups is 1. The van der Waals surface area contributed by atoms with Crippen molar-refractivity contribution in [2.75, 3.05) is 0 Å². The molecule has 84 valence electrons. The van der Waals surface area contributed by atoms with Crippen molar-refractivity contribution in [3.8, 4) is 0 Å². The predicted octanol–water partition coefficient (Wildman–Crippen LogP) is 3.72. The average Bonchev–Trinajstić information content (AvgIpc) is 2.27. The minimum atomic E-state index is -0.408. The molecular weight excluding hydrogens is 292 g/mol. The van der Waals surface area contributed by atoms with Crippen LogP contribution in [0.3, 0.4) is 0 Å². The highest BCUT2D eigenvalue weighted by Crippen LogP contribution is 2.26. The first-order chi connectivity index (χ1) is 7.63. The number of benzene rings is 1. The number of aliphatic imine (C=N–C) groups is 1. The molecule has 1 aromatic rings. The molecule has 0 aliphatic rings. The van der Waals surface area contributed by atoms with Gasteiger partial charge in [-0.3, -0.25) is 15.1 Å². The summed E-state index contributed by atoms with van der Waals surface area (Å²) in [5.74, 6) is 0.727. The van der Waals surface area contributed by atoms with E-state index in [0.717, 1.165) is 15.1 Å². The van der Waals surface area contributed by atoms with Gasteiger partial charge in [0.05, 0.1) is 8.74 Å². The molecular formula is C10H9BrN2O2S. The maximum absolute atomic E-state index is 10.4. The average molecular weight is 301 g/mol. The van der Waals surface area contributed by atoms with Crippen LogP contribution in [-0.4, -0.2) is 11.6 Å². The lowest BCUT2D eigenvalue weighted by Crippen LogP contribution is -1.87. The van der Waals surface area contributed by atoms with Crippen LogP contribution in [0, 0.1) is 10.1 Å². The van der Waals surface area contributed by atoms with Gasteiger partial charge in [0.15, 0.2) is 0 Å². The highest BCUT2D eigenvalue weighted by atomic mass is 79.9. The van der Waals surface area contributed by atoms with Gasteiger partial charge in [-0.1, -0.05) is 12.1 Å².